The average molecular weight is 169 g/mol. The average Bonchev–Trinajstić information content (AvgIpc) is 2.04. The van der Waals surface area contributed by atoms with Gasteiger partial charge in [-0.2, -0.15) is 0 Å². The van der Waals surface area contributed by atoms with Crippen molar-refractivity contribution in [1.82, 2.24) is 0 Å². The van der Waals surface area contributed by atoms with E-state index in [1.54, 1.807) is 0 Å². The first-order valence-corrected chi connectivity index (χ1v) is 4.65. The zero-order chi connectivity index (χ0) is 9.14. The van der Waals surface area contributed by atoms with Gasteiger partial charge < -0.3 is 11.5 Å². The van der Waals surface area contributed by atoms with Gasteiger partial charge in [0.15, 0.2) is 0 Å². The van der Waals surface area contributed by atoms with E-state index in [-0.39, 0.29) is 12.2 Å². The van der Waals surface area contributed by atoms with Gasteiger partial charge in [-0.25, -0.2) is 0 Å². The van der Waals surface area contributed by atoms with Crippen molar-refractivity contribution in [3.05, 3.63) is 0 Å². The highest BCUT2D eigenvalue weighted by molar-refractivity contribution is 5.58. The van der Waals surface area contributed by atoms with E-state index in [4.69, 9.17) is 11.5 Å². The van der Waals surface area contributed by atoms with Crippen molar-refractivity contribution in [2.75, 3.05) is 0 Å². The topological polar surface area (TPSA) is 64.4 Å². The van der Waals surface area contributed by atoms with Crippen LogP contribution in [0.1, 0.15) is 26.7 Å². The third kappa shape index (κ3) is 2.05. The molecule has 3 atom stereocenters. The van der Waals surface area contributed by atoms with E-state index in [1.807, 2.05) is 6.21 Å². The monoisotopic (exact) mass is 169 g/mol. The van der Waals surface area contributed by atoms with Gasteiger partial charge in [0.1, 0.15) is 6.17 Å². The van der Waals surface area contributed by atoms with Gasteiger partial charge in [0.05, 0.1) is 0 Å². The van der Waals surface area contributed by atoms with Gasteiger partial charge in [-0.05, 0) is 18.8 Å². The van der Waals surface area contributed by atoms with Crippen LogP contribution >= 0.6 is 0 Å². The van der Waals surface area contributed by atoms with Crippen molar-refractivity contribution >= 4 is 6.21 Å². The maximum Gasteiger partial charge on any atom is 0.101 e. The molecule has 1 heterocycles. The summed E-state index contributed by atoms with van der Waals surface area (Å²) >= 11 is 0. The van der Waals surface area contributed by atoms with Gasteiger partial charge in [-0.1, -0.05) is 13.8 Å². The fraction of sp³-hybridized carbons (Fsp3) is 0.889. The van der Waals surface area contributed by atoms with E-state index in [0.29, 0.717) is 11.8 Å². The summed E-state index contributed by atoms with van der Waals surface area (Å²) in [6.45, 7) is 4.27. The van der Waals surface area contributed by atoms with E-state index < -0.39 is 0 Å². The highest BCUT2D eigenvalue weighted by atomic mass is 15.0. The van der Waals surface area contributed by atoms with Crippen molar-refractivity contribution in [3.63, 3.8) is 0 Å². The van der Waals surface area contributed by atoms with Gasteiger partial charge in [-0.3, -0.25) is 4.99 Å². The maximum absolute atomic E-state index is 6.03. The number of rotatable bonds is 2. The Morgan fingerprint density at radius 2 is 2.17 bits per heavy atom. The van der Waals surface area contributed by atoms with Gasteiger partial charge in [0, 0.05) is 18.2 Å². The second-order valence-corrected chi connectivity index (χ2v) is 3.88. The second-order valence-electron chi connectivity index (χ2n) is 3.88. The molecule has 12 heavy (non-hydrogen) atoms. The normalized spacial score (nSPS) is 32.4. The Morgan fingerprint density at radius 1 is 1.50 bits per heavy atom. The Hall–Kier alpha value is -0.410. The number of nitrogens with two attached hydrogens (primary N) is 2. The maximum atomic E-state index is 6.03. The number of hydrogen-bond donors (Lipinski definition) is 2. The molecule has 3 nitrogen and oxygen atoms in total. The minimum atomic E-state index is -0.0730. The molecule has 0 bridgehead atoms. The third-order valence-electron chi connectivity index (χ3n) is 2.61. The number of hydrogen-bond acceptors (Lipinski definition) is 3. The second kappa shape index (κ2) is 4.01. The molecule has 1 rings (SSSR count). The molecule has 0 spiro atoms. The Morgan fingerprint density at radius 3 is 2.67 bits per heavy atom. The highest BCUT2D eigenvalue weighted by Gasteiger charge is 2.27. The Kier molecular flexibility index (Phi) is 3.23. The molecule has 0 saturated carbocycles. The molecule has 70 valence electrons. The summed E-state index contributed by atoms with van der Waals surface area (Å²) in [4.78, 5) is 4.19. The molecule has 0 aromatic carbocycles. The molecular weight excluding hydrogens is 150 g/mol. The fourth-order valence-electron chi connectivity index (χ4n) is 1.66. The van der Waals surface area contributed by atoms with Crippen molar-refractivity contribution < 1.29 is 0 Å². The summed E-state index contributed by atoms with van der Waals surface area (Å²) in [7, 11) is 0. The lowest BCUT2D eigenvalue weighted by molar-refractivity contribution is 0.277. The zero-order valence-electron chi connectivity index (χ0n) is 7.90. The SMILES string of the molecule is CC(C)C(N)C1CCC=NC1N. The van der Waals surface area contributed by atoms with Crippen LogP contribution in [0.3, 0.4) is 0 Å². The van der Waals surface area contributed by atoms with Gasteiger partial charge in [0.25, 0.3) is 0 Å². The van der Waals surface area contributed by atoms with Crippen molar-refractivity contribution in [2.24, 2.45) is 28.3 Å². The quantitative estimate of drug-likeness (QED) is 0.640. The van der Waals surface area contributed by atoms with E-state index in [2.05, 4.69) is 18.8 Å². The summed E-state index contributed by atoms with van der Waals surface area (Å²) in [5.74, 6) is 0.865. The molecule has 0 saturated heterocycles. The lowest BCUT2D eigenvalue weighted by atomic mass is 9.85. The van der Waals surface area contributed by atoms with Crippen LogP contribution in [-0.2, 0) is 0 Å². The lowest BCUT2D eigenvalue weighted by Gasteiger charge is -2.31. The largest absolute Gasteiger partial charge is 0.327 e. The van der Waals surface area contributed by atoms with Crippen LogP contribution in [0.5, 0.6) is 0 Å². The first-order valence-electron chi connectivity index (χ1n) is 4.65. The van der Waals surface area contributed by atoms with Crippen molar-refractivity contribution in [3.8, 4) is 0 Å². The third-order valence-corrected chi connectivity index (χ3v) is 2.61. The van der Waals surface area contributed by atoms with E-state index in [9.17, 15) is 0 Å². The minimum Gasteiger partial charge on any atom is -0.327 e. The number of nitrogens with zero attached hydrogens (tertiary/aromatic N) is 1. The van der Waals surface area contributed by atoms with Gasteiger partial charge >= 0.3 is 0 Å². The van der Waals surface area contributed by atoms with Crippen LogP contribution in [0.25, 0.3) is 0 Å². The van der Waals surface area contributed by atoms with Crippen molar-refractivity contribution in [1.29, 1.82) is 0 Å². The summed E-state index contributed by atoms with van der Waals surface area (Å²) in [6.07, 6.45) is 3.95. The van der Waals surface area contributed by atoms with Crippen molar-refractivity contribution in [2.45, 2.75) is 38.9 Å². The van der Waals surface area contributed by atoms with E-state index >= 15 is 0 Å². The van der Waals surface area contributed by atoms with Crippen LogP contribution < -0.4 is 11.5 Å². The predicted molar refractivity (Wildman–Crippen MR) is 52.0 cm³/mol. The Balaban J connectivity index is 2.56. The minimum absolute atomic E-state index is 0.0730. The summed E-state index contributed by atoms with van der Waals surface area (Å²) < 4.78 is 0. The molecule has 0 aromatic heterocycles. The molecule has 0 aromatic rings. The van der Waals surface area contributed by atoms with E-state index in [0.717, 1.165) is 12.8 Å². The molecule has 0 radical (unpaired) electrons. The smallest absolute Gasteiger partial charge is 0.101 e. The number of aliphatic imine (C=N–C) groups is 1. The lowest BCUT2D eigenvalue weighted by Crippen LogP contribution is -2.45. The summed E-state index contributed by atoms with van der Waals surface area (Å²) in [6, 6.07) is 0.192. The van der Waals surface area contributed by atoms with Crippen LogP contribution in [0.15, 0.2) is 4.99 Å². The van der Waals surface area contributed by atoms with E-state index in [1.165, 1.54) is 0 Å². The first-order chi connectivity index (χ1) is 5.63. The molecular formula is C9H19N3. The fourth-order valence-corrected chi connectivity index (χ4v) is 1.66. The highest BCUT2D eigenvalue weighted by Crippen LogP contribution is 2.21. The van der Waals surface area contributed by atoms with Crippen LogP contribution in [0.2, 0.25) is 0 Å². The van der Waals surface area contributed by atoms with Gasteiger partial charge in [0.2, 0.25) is 0 Å². The molecule has 0 aliphatic carbocycles. The molecule has 3 heteroatoms. The van der Waals surface area contributed by atoms with Crippen LogP contribution in [0, 0.1) is 11.8 Å². The summed E-state index contributed by atoms with van der Waals surface area (Å²) in [5.41, 5.74) is 11.9. The molecule has 0 fully saturated rings. The molecule has 0 amide bonds. The first kappa shape index (κ1) is 9.68. The van der Waals surface area contributed by atoms with Crippen LogP contribution in [-0.4, -0.2) is 18.4 Å². The molecule has 1 aliphatic heterocycles. The zero-order valence-corrected chi connectivity index (χ0v) is 7.90. The Labute approximate surface area is 74.2 Å². The Bertz CT molecular complexity index is 165. The predicted octanol–water partition coefficient (Wildman–Crippen LogP) is 0.735. The molecule has 4 N–H and O–H groups in total. The van der Waals surface area contributed by atoms with Crippen LogP contribution in [0.4, 0.5) is 0 Å². The van der Waals surface area contributed by atoms with Gasteiger partial charge in [-0.15, -0.1) is 0 Å². The molecule has 1 aliphatic rings. The standard InChI is InChI=1S/C9H19N3/c1-6(2)8(10)7-4-3-5-12-9(7)11/h5-9H,3-4,10-11H2,1-2H3. The summed E-state index contributed by atoms with van der Waals surface area (Å²) in [5, 5.41) is 0. The molecule has 3 unspecified atom stereocenters.